The minimum Gasteiger partial charge on any atom is -0.454 e. The summed E-state index contributed by atoms with van der Waals surface area (Å²) in [6, 6.07) is 55.8. The van der Waals surface area contributed by atoms with E-state index >= 15 is 0 Å². The van der Waals surface area contributed by atoms with Crippen LogP contribution in [0.15, 0.2) is 156 Å². The van der Waals surface area contributed by atoms with Gasteiger partial charge in [0.25, 0.3) is 0 Å². The number of hydrogen-bond donors (Lipinski definition) is 0. The van der Waals surface area contributed by atoms with Gasteiger partial charge in [-0.15, -0.1) is 0 Å². The zero-order valence-electron chi connectivity index (χ0n) is 29.3. The maximum Gasteiger partial charge on any atom is 0.159 e. The van der Waals surface area contributed by atoms with Gasteiger partial charge in [0.2, 0.25) is 0 Å². The average Bonchev–Trinajstić information content (AvgIpc) is 3.53. The van der Waals surface area contributed by atoms with E-state index in [0.29, 0.717) is 0 Å². The Morgan fingerprint density at radius 2 is 1.06 bits per heavy atom. The third kappa shape index (κ3) is 4.78. The Bertz CT molecular complexity index is 2830. The van der Waals surface area contributed by atoms with Gasteiger partial charge in [-0.2, -0.15) is 0 Å². The van der Waals surface area contributed by atoms with Crippen molar-refractivity contribution in [2.75, 3.05) is 4.90 Å². The Balaban J connectivity index is 1.06. The fourth-order valence-corrected chi connectivity index (χ4v) is 7.92. The third-order valence-corrected chi connectivity index (χ3v) is 10.8. The van der Waals surface area contributed by atoms with Crippen LogP contribution in [0.4, 0.5) is 17.1 Å². The van der Waals surface area contributed by atoms with Crippen LogP contribution in [0.5, 0.6) is 0 Å². The molecule has 1 aliphatic carbocycles. The molecular weight excluding hydrogens is 619 g/mol. The third-order valence-electron chi connectivity index (χ3n) is 10.8. The predicted molar refractivity (Wildman–Crippen MR) is 217 cm³/mol. The number of furan rings is 1. The molecule has 8 aromatic carbocycles. The molecule has 0 unspecified atom stereocenters. The molecule has 0 radical (unpaired) electrons. The molecule has 0 fully saturated rings. The highest BCUT2D eigenvalue weighted by Gasteiger charge is 2.25. The number of nitrogens with zero attached hydrogens (tertiary/aromatic N) is 1. The lowest BCUT2D eigenvalue weighted by Gasteiger charge is -2.28. The van der Waals surface area contributed by atoms with Crippen LogP contribution in [0.2, 0.25) is 0 Å². The summed E-state index contributed by atoms with van der Waals surface area (Å²) in [5, 5.41) is 7.26. The van der Waals surface area contributed by atoms with Gasteiger partial charge in [-0.3, -0.25) is 0 Å². The first kappa shape index (κ1) is 29.8. The summed E-state index contributed by atoms with van der Waals surface area (Å²) in [5.74, 6) is 0. The SMILES string of the molecule is Cc1ccc(N(c2ccc3cc4c(cc3c2)-c2cc3ccc(-c5ccc(C(C)(C)C)cc5)cc3cc2-4)c2cccc3c2oc2ccccc23)cc1. The second-order valence-electron chi connectivity index (χ2n) is 15.1. The van der Waals surface area contributed by atoms with Crippen LogP contribution in [-0.4, -0.2) is 0 Å². The van der Waals surface area contributed by atoms with Gasteiger partial charge in [0.1, 0.15) is 5.58 Å². The Labute approximate surface area is 298 Å². The number of aryl methyl sites for hydroxylation is 1. The van der Waals surface area contributed by atoms with Crippen LogP contribution in [0.3, 0.4) is 0 Å². The van der Waals surface area contributed by atoms with Crippen molar-refractivity contribution in [2.45, 2.75) is 33.1 Å². The highest BCUT2D eigenvalue weighted by atomic mass is 16.3. The molecule has 51 heavy (non-hydrogen) atoms. The first-order valence-corrected chi connectivity index (χ1v) is 17.8. The molecule has 0 bridgehead atoms. The number of anilines is 3. The molecule has 0 spiro atoms. The van der Waals surface area contributed by atoms with Gasteiger partial charge in [-0.1, -0.05) is 111 Å². The molecular formula is C49H37NO. The fourth-order valence-electron chi connectivity index (χ4n) is 7.92. The average molecular weight is 656 g/mol. The van der Waals surface area contributed by atoms with Gasteiger partial charge in [-0.05, 0) is 140 Å². The van der Waals surface area contributed by atoms with E-state index in [0.717, 1.165) is 39.0 Å². The van der Waals surface area contributed by atoms with Crippen molar-refractivity contribution in [3.05, 3.63) is 163 Å². The first-order chi connectivity index (χ1) is 24.8. The quantitative estimate of drug-likeness (QED) is 0.188. The molecule has 1 heterocycles. The highest BCUT2D eigenvalue weighted by molar-refractivity contribution is 6.13. The topological polar surface area (TPSA) is 16.4 Å². The fraction of sp³-hybridized carbons (Fsp3) is 0.102. The van der Waals surface area contributed by atoms with Crippen molar-refractivity contribution < 1.29 is 4.42 Å². The predicted octanol–water partition coefficient (Wildman–Crippen LogP) is 14.3. The lowest BCUT2D eigenvalue weighted by atomic mass is 9.77. The monoisotopic (exact) mass is 655 g/mol. The standard InChI is InChI=1S/C49H37NO/c1-30-12-21-38(22-13-30)50(46-10-7-9-41-40-8-5-6-11-47(40)51-48(41)46)39-23-18-34-27-43-44-28-35-24-32(31-16-19-37(20-17-31)49(2,3)4)14-15-33(35)26-42(44)45(43)29-36(34)25-39/h5-29H,1-4H3. The van der Waals surface area contributed by atoms with Crippen molar-refractivity contribution in [3.8, 4) is 33.4 Å². The Hall–Kier alpha value is -6.12. The second kappa shape index (κ2) is 10.9. The van der Waals surface area contributed by atoms with Gasteiger partial charge in [0.05, 0.1) is 5.69 Å². The molecule has 0 aliphatic heterocycles. The molecule has 0 saturated heterocycles. The van der Waals surface area contributed by atoms with Crippen LogP contribution < -0.4 is 4.90 Å². The Kier molecular flexibility index (Phi) is 6.38. The Morgan fingerprint density at radius 3 is 1.76 bits per heavy atom. The number of hydrogen-bond acceptors (Lipinski definition) is 2. The molecule has 1 aromatic heterocycles. The molecule has 1 aliphatic rings. The molecule has 0 N–H and O–H groups in total. The van der Waals surface area contributed by atoms with Crippen molar-refractivity contribution in [2.24, 2.45) is 0 Å². The van der Waals surface area contributed by atoms with E-state index in [1.165, 1.54) is 66.1 Å². The summed E-state index contributed by atoms with van der Waals surface area (Å²) >= 11 is 0. The van der Waals surface area contributed by atoms with Gasteiger partial charge < -0.3 is 9.32 Å². The summed E-state index contributed by atoms with van der Waals surface area (Å²) in [5.41, 5.74) is 15.6. The van der Waals surface area contributed by atoms with Crippen LogP contribution in [0, 0.1) is 6.92 Å². The minimum absolute atomic E-state index is 0.147. The molecule has 0 amide bonds. The summed E-state index contributed by atoms with van der Waals surface area (Å²) < 4.78 is 6.54. The summed E-state index contributed by atoms with van der Waals surface area (Å²) in [7, 11) is 0. The normalized spacial score (nSPS) is 12.3. The zero-order chi connectivity index (χ0) is 34.4. The molecule has 0 saturated carbocycles. The number of benzene rings is 8. The smallest absolute Gasteiger partial charge is 0.159 e. The van der Waals surface area contributed by atoms with Crippen LogP contribution in [0.1, 0.15) is 31.9 Å². The van der Waals surface area contributed by atoms with Crippen LogP contribution >= 0.6 is 0 Å². The molecule has 9 aromatic rings. The van der Waals surface area contributed by atoms with E-state index in [9.17, 15) is 0 Å². The Morgan fingerprint density at radius 1 is 0.471 bits per heavy atom. The molecule has 10 rings (SSSR count). The molecule has 2 nitrogen and oxygen atoms in total. The van der Waals surface area contributed by atoms with E-state index in [-0.39, 0.29) is 5.41 Å². The van der Waals surface area contributed by atoms with Gasteiger partial charge >= 0.3 is 0 Å². The van der Waals surface area contributed by atoms with E-state index in [4.69, 9.17) is 4.42 Å². The highest BCUT2D eigenvalue weighted by Crippen LogP contribution is 2.51. The number of rotatable bonds is 4. The number of fused-ring (bicyclic) bond motifs is 9. The van der Waals surface area contributed by atoms with E-state index < -0.39 is 0 Å². The zero-order valence-corrected chi connectivity index (χ0v) is 29.3. The second-order valence-corrected chi connectivity index (χ2v) is 15.1. The largest absolute Gasteiger partial charge is 0.454 e. The van der Waals surface area contributed by atoms with Crippen molar-refractivity contribution >= 4 is 60.5 Å². The van der Waals surface area contributed by atoms with Crippen molar-refractivity contribution in [1.82, 2.24) is 0 Å². The van der Waals surface area contributed by atoms with Gasteiger partial charge in [-0.25, -0.2) is 0 Å². The maximum absolute atomic E-state index is 6.54. The van der Waals surface area contributed by atoms with E-state index in [1.807, 2.05) is 6.07 Å². The maximum atomic E-state index is 6.54. The summed E-state index contributed by atoms with van der Waals surface area (Å²) in [4.78, 5) is 2.33. The summed E-state index contributed by atoms with van der Waals surface area (Å²) in [6.45, 7) is 8.92. The van der Waals surface area contributed by atoms with Crippen LogP contribution in [0.25, 0.3) is 76.9 Å². The van der Waals surface area contributed by atoms with Crippen molar-refractivity contribution in [1.29, 1.82) is 0 Å². The molecule has 0 atom stereocenters. The summed E-state index contributed by atoms with van der Waals surface area (Å²) in [6.07, 6.45) is 0. The molecule has 244 valence electrons. The minimum atomic E-state index is 0.147. The van der Waals surface area contributed by atoms with E-state index in [1.54, 1.807) is 0 Å². The first-order valence-electron chi connectivity index (χ1n) is 17.8. The van der Waals surface area contributed by atoms with E-state index in [2.05, 4.69) is 178 Å². The lowest BCUT2D eigenvalue weighted by Crippen LogP contribution is -2.10. The van der Waals surface area contributed by atoms with Crippen LogP contribution in [-0.2, 0) is 5.41 Å². The van der Waals surface area contributed by atoms with Gasteiger partial charge in [0, 0.05) is 22.1 Å². The number of para-hydroxylation sites is 2. The van der Waals surface area contributed by atoms with Crippen molar-refractivity contribution in [3.63, 3.8) is 0 Å². The molecule has 2 heteroatoms. The lowest BCUT2D eigenvalue weighted by molar-refractivity contribution is 0.590. The van der Waals surface area contributed by atoms with Gasteiger partial charge in [0.15, 0.2) is 5.58 Å².